The van der Waals surface area contributed by atoms with Gasteiger partial charge in [0.2, 0.25) is 0 Å². The lowest BCUT2D eigenvalue weighted by Crippen LogP contribution is -2.40. The molecule has 1 saturated carbocycles. The average Bonchev–Trinajstić information content (AvgIpc) is 2.18. The molecule has 3 unspecified atom stereocenters. The van der Waals surface area contributed by atoms with Crippen LogP contribution in [0.15, 0.2) is 12.2 Å². The summed E-state index contributed by atoms with van der Waals surface area (Å²) in [5.41, 5.74) is 0. The zero-order valence-electron chi connectivity index (χ0n) is 8.74. The largest absolute Gasteiger partial charge is 0.377 e. The van der Waals surface area contributed by atoms with E-state index in [1.54, 1.807) is 0 Å². The molecule has 0 aromatic heterocycles. The van der Waals surface area contributed by atoms with Gasteiger partial charge in [0.25, 0.3) is 0 Å². The zero-order chi connectivity index (χ0) is 9.97. The minimum absolute atomic E-state index is 0.0665. The average molecular weight is 194 g/mol. The molecular weight excluding hydrogens is 176 g/mol. The number of hydrogen-bond acceptors (Lipinski definition) is 2. The molecule has 3 rings (SSSR count). The smallest absolute Gasteiger partial charge is 0.142 e. The van der Waals surface area contributed by atoms with Crippen LogP contribution < -0.4 is 0 Å². The fourth-order valence-corrected chi connectivity index (χ4v) is 2.34. The van der Waals surface area contributed by atoms with Crippen LogP contribution in [0.3, 0.4) is 0 Å². The molecule has 78 valence electrons. The SMILES string of the molecule is CCCCOC1CC2C=CC1C(=O)C2. The molecule has 1 fully saturated rings. The van der Waals surface area contributed by atoms with Gasteiger partial charge in [-0.2, -0.15) is 0 Å². The molecule has 0 heterocycles. The van der Waals surface area contributed by atoms with Gasteiger partial charge in [-0.3, -0.25) is 4.79 Å². The molecule has 0 aliphatic heterocycles. The van der Waals surface area contributed by atoms with Crippen LogP contribution in [-0.2, 0) is 9.53 Å². The van der Waals surface area contributed by atoms with Crippen LogP contribution in [0.25, 0.3) is 0 Å². The Labute approximate surface area is 85.3 Å². The van der Waals surface area contributed by atoms with Gasteiger partial charge in [0, 0.05) is 13.0 Å². The summed E-state index contributed by atoms with van der Waals surface area (Å²) >= 11 is 0. The van der Waals surface area contributed by atoms with Crippen LogP contribution in [0.4, 0.5) is 0 Å². The Morgan fingerprint density at radius 1 is 1.50 bits per heavy atom. The van der Waals surface area contributed by atoms with E-state index in [-0.39, 0.29) is 12.0 Å². The Morgan fingerprint density at radius 3 is 3.00 bits per heavy atom. The van der Waals surface area contributed by atoms with Crippen LogP contribution in [0.5, 0.6) is 0 Å². The van der Waals surface area contributed by atoms with Crippen molar-refractivity contribution in [3.63, 3.8) is 0 Å². The standard InChI is InChI=1S/C12H18O2/c1-2-3-6-14-12-8-9-4-5-10(12)11(13)7-9/h4-5,9-10,12H,2-3,6-8H2,1H3. The van der Waals surface area contributed by atoms with Crippen molar-refractivity contribution >= 4 is 5.78 Å². The van der Waals surface area contributed by atoms with Gasteiger partial charge in [0.15, 0.2) is 0 Å². The molecule has 0 radical (unpaired) electrons. The van der Waals surface area contributed by atoms with E-state index in [2.05, 4.69) is 19.1 Å². The van der Waals surface area contributed by atoms with Gasteiger partial charge in [0.1, 0.15) is 5.78 Å². The normalized spacial score (nSPS) is 35.2. The van der Waals surface area contributed by atoms with Gasteiger partial charge in [-0.25, -0.2) is 0 Å². The van der Waals surface area contributed by atoms with Crippen molar-refractivity contribution in [2.45, 2.75) is 38.7 Å². The van der Waals surface area contributed by atoms with Crippen LogP contribution in [0, 0.1) is 11.8 Å². The molecule has 14 heavy (non-hydrogen) atoms. The number of hydrogen-bond donors (Lipinski definition) is 0. The van der Waals surface area contributed by atoms with Crippen molar-refractivity contribution in [3.8, 4) is 0 Å². The molecule has 0 aromatic rings. The summed E-state index contributed by atoms with van der Waals surface area (Å²) in [6.45, 7) is 2.97. The maximum atomic E-state index is 11.6. The molecule has 3 atom stereocenters. The van der Waals surface area contributed by atoms with Crippen molar-refractivity contribution in [1.82, 2.24) is 0 Å². The van der Waals surface area contributed by atoms with Crippen LogP contribution >= 0.6 is 0 Å². The molecule has 0 spiro atoms. The van der Waals surface area contributed by atoms with E-state index in [0.717, 1.165) is 32.3 Å². The molecule has 2 heteroatoms. The Balaban J connectivity index is 1.89. The third-order valence-corrected chi connectivity index (χ3v) is 3.19. The number of fused-ring (bicyclic) bond motifs is 2. The molecule has 0 saturated heterocycles. The van der Waals surface area contributed by atoms with Gasteiger partial charge in [-0.1, -0.05) is 25.5 Å². The number of carbonyl (C=O) groups is 1. The third kappa shape index (κ3) is 1.90. The predicted molar refractivity (Wildman–Crippen MR) is 55.0 cm³/mol. The minimum Gasteiger partial charge on any atom is -0.377 e. The first-order valence-electron chi connectivity index (χ1n) is 5.64. The number of Topliss-reactive ketones (excluding diaryl/α,β-unsaturated/α-hetero) is 1. The fraction of sp³-hybridized carbons (Fsp3) is 0.750. The van der Waals surface area contributed by atoms with Crippen LogP contribution in [0.2, 0.25) is 0 Å². The topological polar surface area (TPSA) is 26.3 Å². The monoisotopic (exact) mass is 194 g/mol. The summed E-state index contributed by atoms with van der Waals surface area (Å²) in [4.78, 5) is 11.6. The van der Waals surface area contributed by atoms with Crippen molar-refractivity contribution in [2.24, 2.45) is 11.8 Å². The fourth-order valence-electron chi connectivity index (χ4n) is 2.34. The molecule has 2 bridgehead atoms. The van der Waals surface area contributed by atoms with Gasteiger partial charge >= 0.3 is 0 Å². The Morgan fingerprint density at radius 2 is 2.36 bits per heavy atom. The number of carbonyl (C=O) groups excluding carboxylic acids is 1. The quantitative estimate of drug-likeness (QED) is 0.507. The van der Waals surface area contributed by atoms with Crippen molar-refractivity contribution in [3.05, 3.63) is 12.2 Å². The number of allylic oxidation sites excluding steroid dienone is 1. The second-order valence-electron chi connectivity index (χ2n) is 4.34. The molecule has 0 amide bonds. The molecule has 0 N–H and O–H groups in total. The molecule has 0 aromatic carbocycles. The van der Waals surface area contributed by atoms with Crippen molar-refractivity contribution < 1.29 is 9.53 Å². The molecular formula is C12H18O2. The summed E-state index contributed by atoms with van der Waals surface area (Å²) in [6, 6.07) is 0. The maximum absolute atomic E-state index is 11.6. The van der Waals surface area contributed by atoms with Crippen molar-refractivity contribution in [1.29, 1.82) is 0 Å². The molecule has 3 aliphatic rings. The van der Waals surface area contributed by atoms with Crippen molar-refractivity contribution in [2.75, 3.05) is 6.61 Å². The summed E-state index contributed by atoms with van der Waals surface area (Å²) in [6.07, 6.45) is 8.47. The third-order valence-electron chi connectivity index (χ3n) is 3.19. The second-order valence-corrected chi connectivity index (χ2v) is 4.34. The Bertz CT molecular complexity index is 245. The lowest BCUT2D eigenvalue weighted by molar-refractivity contribution is -0.132. The maximum Gasteiger partial charge on any atom is 0.142 e. The highest BCUT2D eigenvalue weighted by Crippen LogP contribution is 2.35. The Kier molecular flexibility index (Phi) is 3.02. The van der Waals surface area contributed by atoms with E-state index in [1.165, 1.54) is 0 Å². The van der Waals surface area contributed by atoms with E-state index in [9.17, 15) is 4.79 Å². The lowest BCUT2D eigenvalue weighted by atomic mass is 9.73. The van der Waals surface area contributed by atoms with Crippen LogP contribution in [0.1, 0.15) is 32.6 Å². The lowest BCUT2D eigenvalue weighted by Gasteiger charge is -2.36. The zero-order valence-corrected chi connectivity index (χ0v) is 8.74. The van der Waals surface area contributed by atoms with Crippen LogP contribution in [-0.4, -0.2) is 18.5 Å². The highest BCUT2D eigenvalue weighted by molar-refractivity contribution is 5.85. The number of unbranched alkanes of at least 4 members (excludes halogenated alkanes) is 1. The van der Waals surface area contributed by atoms with Gasteiger partial charge in [-0.15, -0.1) is 0 Å². The molecule has 2 nitrogen and oxygen atoms in total. The van der Waals surface area contributed by atoms with E-state index in [1.807, 2.05) is 0 Å². The highest BCUT2D eigenvalue weighted by Gasteiger charge is 2.38. The number of rotatable bonds is 4. The summed E-state index contributed by atoms with van der Waals surface area (Å²) in [5.74, 6) is 0.904. The first kappa shape index (κ1) is 9.91. The summed E-state index contributed by atoms with van der Waals surface area (Å²) in [5, 5.41) is 0. The van der Waals surface area contributed by atoms with Gasteiger partial charge in [0.05, 0.1) is 12.0 Å². The van der Waals surface area contributed by atoms with E-state index < -0.39 is 0 Å². The first-order chi connectivity index (χ1) is 6.81. The predicted octanol–water partition coefficient (Wildman–Crippen LogP) is 2.34. The van der Waals surface area contributed by atoms with E-state index in [0.29, 0.717) is 11.7 Å². The Hall–Kier alpha value is -0.630. The first-order valence-corrected chi connectivity index (χ1v) is 5.64. The number of ketones is 1. The van der Waals surface area contributed by atoms with E-state index >= 15 is 0 Å². The number of ether oxygens (including phenoxy) is 1. The summed E-state index contributed by atoms with van der Waals surface area (Å²) < 4.78 is 5.76. The second kappa shape index (κ2) is 4.26. The molecule has 3 aliphatic carbocycles. The van der Waals surface area contributed by atoms with E-state index in [4.69, 9.17) is 4.74 Å². The minimum atomic E-state index is 0.0665. The highest BCUT2D eigenvalue weighted by atomic mass is 16.5. The van der Waals surface area contributed by atoms with Gasteiger partial charge in [-0.05, 0) is 18.8 Å². The van der Waals surface area contributed by atoms with Gasteiger partial charge < -0.3 is 4.74 Å². The summed E-state index contributed by atoms with van der Waals surface area (Å²) in [7, 11) is 0.